The van der Waals surface area contributed by atoms with Crippen molar-refractivity contribution in [2.45, 2.75) is 70.3 Å². The predicted molar refractivity (Wildman–Crippen MR) is 139 cm³/mol. The lowest BCUT2D eigenvalue weighted by Gasteiger charge is -2.31. The summed E-state index contributed by atoms with van der Waals surface area (Å²) in [5.41, 5.74) is 3.11. The highest BCUT2D eigenvalue weighted by Gasteiger charge is 2.28. The third-order valence-electron chi connectivity index (χ3n) is 6.09. The summed E-state index contributed by atoms with van der Waals surface area (Å²) in [6.45, 7) is 4.26. The smallest absolute Gasteiger partial charge is 0.242 e. The molecule has 178 valence electrons. The van der Waals surface area contributed by atoms with Gasteiger partial charge in [-0.2, -0.15) is 0 Å². The molecule has 4 nitrogen and oxygen atoms in total. The van der Waals surface area contributed by atoms with Gasteiger partial charge in [-0.1, -0.05) is 78.4 Å². The number of nitrogens with zero attached hydrogens (tertiary/aromatic N) is 1. The molecule has 0 unspecified atom stereocenters. The van der Waals surface area contributed by atoms with Crippen molar-refractivity contribution in [2.24, 2.45) is 0 Å². The number of amides is 2. The van der Waals surface area contributed by atoms with Crippen LogP contribution in [0, 0.1) is 6.92 Å². The van der Waals surface area contributed by atoms with Crippen molar-refractivity contribution in [2.75, 3.05) is 5.75 Å². The number of hydrogen-bond acceptors (Lipinski definition) is 3. The van der Waals surface area contributed by atoms with Crippen LogP contribution >= 0.6 is 35.0 Å². The number of halogens is 2. The predicted octanol–water partition coefficient (Wildman–Crippen LogP) is 6.40. The molecule has 2 aromatic carbocycles. The highest BCUT2D eigenvalue weighted by Crippen LogP contribution is 2.25. The number of nitrogens with one attached hydrogen (secondary N) is 1. The first-order valence-electron chi connectivity index (χ1n) is 11.5. The molecule has 33 heavy (non-hydrogen) atoms. The van der Waals surface area contributed by atoms with Gasteiger partial charge in [0.05, 0.1) is 5.75 Å². The van der Waals surface area contributed by atoms with E-state index in [4.69, 9.17) is 23.2 Å². The van der Waals surface area contributed by atoms with Crippen LogP contribution in [0.25, 0.3) is 0 Å². The van der Waals surface area contributed by atoms with Crippen LogP contribution in [0.1, 0.15) is 55.7 Å². The quantitative estimate of drug-likeness (QED) is 0.427. The van der Waals surface area contributed by atoms with Gasteiger partial charge in [-0.25, -0.2) is 0 Å². The summed E-state index contributed by atoms with van der Waals surface area (Å²) in [4.78, 5) is 28.0. The van der Waals surface area contributed by atoms with E-state index in [1.54, 1.807) is 17.0 Å². The van der Waals surface area contributed by atoms with Gasteiger partial charge in [0.15, 0.2) is 0 Å². The number of aryl methyl sites for hydroxylation is 1. The normalized spacial score (nSPS) is 15.2. The summed E-state index contributed by atoms with van der Waals surface area (Å²) in [6.07, 6.45) is 5.56. The molecule has 0 heterocycles. The topological polar surface area (TPSA) is 49.4 Å². The first kappa shape index (κ1) is 25.9. The molecule has 1 atom stereocenters. The minimum Gasteiger partial charge on any atom is -0.352 e. The number of rotatable bonds is 9. The molecule has 1 aliphatic rings. The number of carbonyl (C=O) groups is 2. The van der Waals surface area contributed by atoms with Crippen LogP contribution < -0.4 is 5.32 Å². The van der Waals surface area contributed by atoms with Crippen LogP contribution in [0.3, 0.4) is 0 Å². The third-order valence-corrected chi connectivity index (χ3v) is 7.64. The van der Waals surface area contributed by atoms with Gasteiger partial charge in [0.1, 0.15) is 6.04 Å². The molecule has 0 radical (unpaired) electrons. The monoisotopic (exact) mass is 506 g/mol. The van der Waals surface area contributed by atoms with E-state index in [2.05, 4.69) is 5.32 Å². The lowest BCUT2D eigenvalue weighted by molar-refractivity contribution is -0.139. The average molecular weight is 508 g/mol. The lowest BCUT2D eigenvalue weighted by Crippen LogP contribution is -2.50. The molecule has 0 bridgehead atoms. The minimum atomic E-state index is -0.541. The fourth-order valence-electron chi connectivity index (χ4n) is 4.01. The Labute approximate surface area is 211 Å². The van der Waals surface area contributed by atoms with E-state index >= 15 is 0 Å². The number of hydrogen-bond donors (Lipinski definition) is 1. The van der Waals surface area contributed by atoms with E-state index in [1.807, 2.05) is 44.2 Å². The molecule has 7 heteroatoms. The van der Waals surface area contributed by atoms with Gasteiger partial charge in [-0.3, -0.25) is 9.59 Å². The first-order valence-corrected chi connectivity index (χ1v) is 13.4. The fraction of sp³-hybridized carbons (Fsp3) is 0.462. The zero-order valence-corrected chi connectivity index (χ0v) is 21.6. The van der Waals surface area contributed by atoms with Crippen molar-refractivity contribution >= 4 is 46.8 Å². The molecular formula is C26H32Cl2N2O2S. The SMILES string of the molecule is Cc1ccc(CN(C(=O)CSCc2ccc(Cl)cc2Cl)[C@H](C)C(=O)NC2CCCCC2)cc1. The molecule has 1 fully saturated rings. The van der Waals surface area contributed by atoms with Crippen LogP contribution in [-0.2, 0) is 21.9 Å². The van der Waals surface area contributed by atoms with Crippen LogP contribution in [-0.4, -0.2) is 34.6 Å². The number of benzene rings is 2. The zero-order chi connectivity index (χ0) is 23.8. The van der Waals surface area contributed by atoms with Crippen LogP contribution in [0.15, 0.2) is 42.5 Å². The Hall–Kier alpha value is -1.69. The second kappa shape index (κ2) is 12.7. The maximum atomic E-state index is 13.3. The maximum absolute atomic E-state index is 13.3. The van der Waals surface area contributed by atoms with Crippen LogP contribution in [0.5, 0.6) is 0 Å². The Morgan fingerprint density at radius 3 is 2.45 bits per heavy atom. The fourth-order valence-corrected chi connectivity index (χ4v) is 5.48. The number of thioether (sulfide) groups is 1. The van der Waals surface area contributed by atoms with Crippen molar-refractivity contribution < 1.29 is 9.59 Å². The summed E-state index contributed by atoms with van der Waals surface area (Å²) >= 11 is 13.7. The Kier molecular flexibility index (Phi) is 9.96. The van der Waals surface area contributed by atoms with Gasteiger partial charge in [0.2, 0.25) is 11.8 Å². The van der Waals surface area contributed by atoms with Crippen molar-refractivity contribution in [3.63, 3.8) is 0 Å². The molecule has 0 spiro atoms. The largest absolute Gasteiger partial charge is 0.352 e. The van der Waals surface area contributed by atoms with Crippen LogP contribution in [0.2, 0.25) is 10.0 Å². The minimum absolute atomic E-state index is 0.0584. The van der Waals surface area contributed by atoms with Gasteiger partial charge in [0, 0.05) is 28.4 Å². The van der Waals surface area contributed by atoms with Gasteiger partial charge in [-0.15, -0.1) is 11.8 Å². The first-order chi connectivity index (χ1) is 15.8. The Morgan fingerprint density at radius 1 is 1.09 bits per heavy atom. The Morgan fingerprint density at radius 2 is 1.79 bits per heavy atom. The van der Waals surface area contributed by atoms with E-state index in [0.717, 1.165) is 42.4 Å². The molecule has 0 saturated heterocycles. The summed E-state index contributed by atoms with van der Waals surface area (Å²) in [5, 5.41) is 4.36. The van der Waals surface area contributed by atoms with E-state index in [0.29, 0.717) is 22.3 Å². The summed E-state index contributed by atoms with van der Waals surface area (Å²) in [7, 11) is 0. The number of carbonyl (C=O) groups excluding carboxylic acids is 2. The van der Waals surface area contributed by atoms with Crippen molar-refractivity contribution in [1.29, 1.82) is 0 Å². The summed E-state index contributed by atoms with van der Waals surface area (Å²) in [5.74, 6) is 0.735. The van der Waals surface area contributed by atoms with Gasteiger partial charge >= 0.3 is 0 Å². The molecule has 0 aliphatic heterocycles. The second-order valence-electron chi connectivity index (χ2n) is 8.76. The van der Waals surface area contributed by atoms with E-state index in [9.17, 15) is 9.59 Å². The van der Waals surface area contributed by atoms with E-state index < -0.39 is 6.04 Å². The van der Waals surface area contributed by atoms with Crippen molar-refractivity contribution in [3.8, 4) is 0 Å². The van der Waals surface area contributed by atoms with Gasteiger partial charge in [0.25, 0.3) is 0 Å². The molecule has 3 rings (SSSR count). The molecular weight excluding hydrogens is 475 g/mol. The highest BCUT2D eigenvalue weighted by atomic mass is 35.5. The van der Waals surface area contributed by atoms with Crippen molar-refractivity contribution in [1.82, 2.24) is 10.2 Å². The highest BCUT2D eigenvalue weighted by molar-refractivity contribution is 7.99. The van der Waals surface area contributed by atoms with E-state index in [-0.39, 0.29) is 23.6 Å². The Bertz CT molecular complexity index is 946. The van der Waals surface area contributed by atoms with Crippen LogP contribution in [0.4, 0.5) is 0 Å². The molecule has 1 N–H and O–H groups in total. The molecule has 1 saturated carbocycles. The molecule has 2 aromatic rings. The van der Waals surface area contributed by atoms with Crippen molar-refractivity contribution in [3.05, 3.63) is 69.2 Å². The average Bonchev–Trinajstić information content (AvgIpc) is 2.80. The molecule has 0 aromatic heterocycles. The molecule has 1 aliphatic carbocycles. The zero-order valence-electron chi connectivity index (χ0n) is 19.3. The maximum Gasteiger partial charge on any atom is 0.242 e. The standard InChI is InChI=1S/C26H32Cl2N2O2S/c1-18-8-10-20(11-9-18)15-30(19(2)26(32)29-23-6-4-3-5-7-23)25(31)17-33-16-21-12-13-22(27)14-24(21)28/h8-14,19,23H,3-7,15-17H2,1-2H3,(H,29,32)/t19-/m1/s1. The lowest BCUT2D eigenvalue weighted by atomic mass is 9.95. The van der Waals surface area contributed by atoms with Gasteiger partial charge in [-0.05, 0) is 49.9 Å². The summed E-state index contributed by atoms with van der Waals surface area (Å²) in [6, 6.07) is 13.2. The van der Waals surface area contributed by atoms with Gasteiger partial charge < -0.3 is 10.2 Å². The molecule has 2 amide bonds. The third kappa shape index (κ3) is 7.94. The second-order valence-corrected chi connectivity index (χ2v) is 10.6. The summed E-state index contributed by atoms with van der Waals surface area (Å²) < 4.78 is 0. The van der Waals surface area contributed by atoms with E-state index in [1.165, 1.54) is 18.2 Å². The Balaban J connectivity index is 1.65.